The van der Waals surface area contributed by atoms with Gasteiger partial charge in [0.2, 0.25) is 0 Å². The molecule has 3 heterocycles. The fourth-order valence-electron chi connectivity index (χ4n) is 3.49. The molecule has 4 rings (SSSR count). The topological polar surface area (TPSA) is 106 Å². The normalized spacial score (nSPS) is 11.3. The van der Waals surface area contributed by atoms with Gasteiger partial charge in [0.1, 0.15) is 17.8 Å². The van der Waals surface area contributed by atoms with Crippen molar-refractivity contribution in [3.8, 4) is 11.8 Å². The average Bonchev–Trinajstić information content (AvgIpc) is 3.39. The smallest absolute Gasteiger partial charge is 0.251 e. The van der Waals surface area contributed by atoms with E-state index in [-0.39, 0.29) is 5.91 Å². The summed E-state index contributed by atoms with van der Waals surface area (Å²) in [5, 5.41) is 17.9. The highest BCUT2D eigenvalue weighted by molar-refractivity contribution is 7.07. The molecular formula is C25H25N5O2S. The first kappa shape index (κ1) is 22.5. The number of hydrogen-bond donors (Lipinski definition) is 3. The molecule has 1 aromatic carbocycles. The number of nitrogens with zero attached hydrogens (tertiary/aromatic N) is 3. The molecule has 0 saturated carbocycles. The van der Waals surface area contributed by atoms with Gasteiger partial charge in [-0.05, 0) is 60.9 Å². The van der Waals surface area contributed by atoms with Crippen molar-refractivity contribution >= 4 is 34.1 Å². The average molecular weight is 460 g/mol. The van der Waals surface area contributed by atoms with Gasteiger partial charge in [-0.15, -0.1) is 0 Å². The van der Waals surface area contributed by atoms with Gasteiger partial charge >= 0.3 is 0 Å². The van der Waals surface area contributed by atoms with E-state index in [1.165, 1.54) is 6.33 Å². The Morgan fingerprint density at radius 1 is 1.24 bits per heavy atom. The first-order chi connectivity index (χ1) is 15.7. The number of fused-ring (bicyclic) bond motifs is 1. The molecule has 4 N–H and O–H groups in total. The lowest BCUT2D eigenvalue weighted by Gasteiger charge is -2.18. The lowest BCUT2D eigenvalue weighted by atomic mass is 10.0. The van der Waals surface area contributed by atoms with Crippen molar-refractivity contribution < 1.29 is 9.90 Å². The third kappa shape index (κ3) is 5.22. The van der Waals surface area contributed by atoms with Gasteiger partial charge in [0.15, 0.2) is 0 Å². The Morgan fingerprint density at radius 2 is 2.03 bits per heavy atom. The van der Waals surface area contributed by atoms with Crippen LogP contribution in [-0.4, -0.2) is 31.1 Å². The van der Waals surface area contributed by atoms with E-state index in [1.807, 2.05) is 40.6 Å². The van der Waals surface area contributed by atoms with Crippen LogP contribution in [0.5, 0.6) is 0 Å². The van der Waals surface area contributed by atoms with Crippen LogP contribution in [-0.2, 0) is 13.1 Å². The van der Waals surface area contributed by atoms with Crippen molar-refractivity contribution in [2.45, 2.75) is 39.5 Å². The number of aliphatic hydroxyl groups is 1. The van der Waals surface area contributed by atoms with Gasteiger partial charge < -0.3 is 20.7 Å². The summed E-state index contributed by atoms with van der Waals surface area (Å²) < 4.78 is 1.83. The molecule has 0 atom stereocenters. The molecule has 3 aromatic heterocycles. The zero-order chi connectivity index (χ0) is 23.6. The molecule has 7 nitrogen and oxygen atoms in total. The Bertz CT molecular complexity index is 1370. The largest absolute Gasteiger partial charge is 0.389 e. The van der Waals surface area contributed by atoms with Gasteiger partial charge in [-0.2, -0.15) is 11.3 Å². The van der Waals surface area contributed by atoms with Crippen LogP contribution in [0.25, 0.3) is 11.0 Å². The van der Waals surface area contributed by atoms with Gasteiger partial charge in [-0.25, -0.2) is 9.97 Å². The Labute approximate surface area is 196 Å². The molecule has 33 heavy (non-hydrogen) atoms. The maximum atomic E-state index is 12.6. The number of aromatic nitrogens is 3. The van der Waals surface area contributed by atoms with Gasteiger partial charge in [-0.1, -0.05) is 17.9 Å². The molecule has 0 bridgehead atoms. The number of benzene rings is 1. The Kier molecular flexibility index (Phi) is 6.18. The van der Waals surface area contributed by atoms with Gasteiger partial charge in [0, 0.05) is 23.9 Å². The molecule has 0 saturated heterocycles. The zero-order valence-corrected chi connectivity index (χ0v) is 19.5. The van der Waals surface area contributed by atoms with Crippen LogP contribution in [0, 0.1) is 18.8 Å². The van der Waals surface area contributed by atoms with Crippen LogP contribution in [0.4, 0.5) is 5.82 Å². The summed E-state index contributed by atoms with van der Waals surface area (Å²) in [6.45, 7) is 6.23. The number of hydrogen-bond acceptors (Lipinski definition) is 6. The van der Waals surface area contributed by atoms with E-state index in [1.54, 1.807) is 37.3 Å². The molecule has 0 aliphatic rings. The van der Waals surface area contributed by atoms with E-state index in [0.717, 1.165) is 16.7 Å². The van der Waals surface area contributed by atoms with Crippen molar-refractivity contribution in [1.82, 2.24) is 19.9 Å². The molecule has 1 amide bonds. The minimum absolute atomic E-state index is 0.149. The lowest BCUT2D eigenvalue weighted by Crippen LogP contribution is -2.25. The highest BCUT2D eigenvalue weighted by Gasteiger charge is 2.18. The minimum Gasteiger partial charge on any atom is -0.389 e. The van der Waals surface area contributed by atoms with Crippen LogP contribution < -0.4 is 11.1 Å². The second-order valence-corrected chi connectivity index (χ2v) is 9.31. The summed E-state index contributed by atoms with van der Waals surface area (Å²) >= 11 is 1.60. The Hall–Kier alpha value is -3.67. The van der Waals surface area contributed by atoms with Crippen molar-refractivity contribution in [2.75, 3.05) is 5.73 Å². The summed E-state index contributed by atoms with van der Waals surface area (Å²) in [4.78, 5) is 21.1. The third-order valence-electron chi connectivity index (χ3n) is 5.10. The van der Waals surface area contributed by atoms with Crippen molar-refractivity contribution in [2.24, 2.45) is 0 Å². The molecular weight excluding hydrogens is 434 g/mol. The molecule has 8 heteroatoms. The zero-order valence-electron chi connectivity index (χ0n) is 18.7. The third-order valence-corrected chi connectivity index (χ3v) is 5.84. The van der Waals surface area contributed by atoms with E-state index >= 15 is 0 Å². The summed E-state index contributed by atoms with van der Waals surface area (Å²) in [5.41, 5.74) is 9.80. The van der Waals surface area contributed by atoms with E-state index < -0.39 is 5.60 Å². The Morgan fingerprint density at radius 3 is 2.76 bits per heavy atom. The standard InChI is InChI=1S/C25H25N5O2S/c1-16-4-5-19(24(31)27-11-17-8-9-33-13-17)10-18(16)6-7-20-12-30(14-25(2,3)32)23-21(20)22(26)28-15-29-23/h4-5,8-10,12-13,15,32H,11,14H2,1-3H3,(H,27,31)(H2,26,28,29). The van der Waals surface area contributed by atoms with Crippen LogP contribution in [0.15, 0.2) is 47.5 Å². The van der Waals surface area contributed by atoms with E-state index in [2.05, 4.69) is 27.1 Å². The molecule has 4 aromatic rings. The van der Waals surface area contributed by atoms with Crippen molar-refractivity contribution in [3.05, 3.63) is 75.4 Å². The van der Waals surface area contributed by atoms with Gasteiger partial charge in [-0.3, -0.25) is 4.79 Å². The van der Waals surface area contributed by atoms with Gasteiger partial charge in [0.25, 0.3) is 5.91 Å². The summed E-state index contributed by atoms with van der Waals surface area (Å²) in [7, 11) is 0. The highest BCUT2D eigenvalue weighted by Crippen LogP contribution is 2.25. The summed E-state index contributed by atoms with van der Waals surface area (Å²) in [6.07, 6.45) is 3.23. The van der Waals surface area contributed by atoms with Crippen LogP contribution >= 0.6 is 11.3 Å². The number of aryl methyl sites for hydroxylation is 1. The van der Waals surface area contributed by atoms with Crippen molar-refractivity contribution in [1.29, 1.82) is 0 Å². The predicted molar refractivity (Wildman–Crippen MR) is 131 cm³/mol. The first-order valence-corrected chi connectivity index (χ1v) is 11.4. The molecule has 0 spiro atoms. The van der Waals surface area contributed by atoms with Gasteiger partial charge in [0.05, 0.1) is 23.1 Å². The number of anilines is 1. The number of carbonyl (C=O) groups is 1. The number of rotatable bonds is 5. The summed E-state index contributed by atoms with van der Waals surface area (Å²) in [5.74, 6) is 6.53. The molecule has 0 aliphatic heterocycles. The summed E-state index contributed by atoms with van der Waals surface area (Å²) in [6, 6.07) is 7.46. The molecule has 0 unspecified atom stereocenters. The number of nitrogens with two attached hydrogens (primary N) is 1. The second kappa shape index (κ2) is 9.06. The number of nitrogen functional groups attached to an aromatic ring is 1. The maximum absolute atomic E-state index is 12.6. The van der Waals surface area contributed by atoms with Crippen LogP contribution in [0.3, 0.4) is 0 Å². The number of thiophene rings is 1. The molecule has 0 radical (unpaired) electrons. The first-order valence-electron chi connectivity index (χ1n) is 10.4. The number of nitrogens with one attached hydrogen (secondary N) is 1. The number of amides is 1. The van der Waals surface area contributed by atoms with E-state index in [4.69, 9.17) is 5.73 Å². The molecule has 0 aliphatic carbocycles. The van der Waals surface area contributed by atoms with Crippen LogP contribution in [0.1, 0.15) is 46.5 Å². The highest BCUT2D eigenvalue weighted by atomic mass is 32.1. The fourth-order valence-corrected chi connectivity index (χ4v) is 4.16. The predicted octanol–water partition coefficient (Wildman–Crippen LogP) is 3.48. The maximum Gasteiger partial charge on any atom is 0.251 e. The quantitative estimate of drug-likeness (QED) is 0.396. The second-order valence-electron chi connectivity index (χ2n) is 8.53. The van der Waals surface area contributed by atoms with E-state index in [9.17, 15) is 9.90 Å². The van der Waals surface area contributed by atoms with E-state index in [0.29, 0.717) is 41.1 Å². The fraction of sp³-hybridized carbons (Fsp3) is 0.240. The molecule has 168 valence electrons. The lowest BCUT2D eigenvalue weighted by molar-refractivity contribution is 0.0626. The van der Waals surface area contributed by atoms with Crippen LogP contribution in [0.2, 0.25) is 0 Å². The molecule has 0 fully saturated rings. The van der Waals surface area contributed by atoms with Crippen molar-refractivity contribution in [3.63, 3.8) is 0 Å². The monoisotopic (exact) mass is 459 g/mol. The number of carbonyl (C=O) groups excluding carboxylic acids is 1. The Balaban J connectivity index is 1.65. The SMILES string of the molecule is Cc1ccc(C(=O)NCc2ccsc2)cc1C#Cc1cn(CC(C)(C)O)c2ncnc(N)c12. The minimum atomic E-state index is -0.933.